The van der Waals surface area contributed by atoms with Crippen molar-refractivity contribution in [3.05, 3.63) is 65.5 Å². The molecule has 0 saturated heterocycles. The van der Waals surface area contributed by atoms with Gasteiger partial charge in [0.05, 0.1) is 41.1 Å². The highest BCUT2D eigenvalue weighted by Crippen LogP contribution is 2.38. The Bertz CT molecular complexity index is 1620. The van der Waals surface area contributed by atoms with Crippen LogP contribution in [0, 0.1) is 25.3 Å². The highest BCUT2D eigenvalue weighted by Gasteiger charge is 2.20. The third-order valence-corrected chi connectivity index (χ3v) is 6.08. The number of aromatic nitrogens is 5. The van der Waals surface area contributed by atoms with E-state index in [-0.39, 0.29) is 0 Å². The molecule has 9 heteroatoms. The minimum atomic E-state index is 0.552. The Morgan fingerprint density at radius 1 is 1.21 bits per heavy atom. The highest BCUT2D eigenvalue weighted by molar-refractivity contribution is 6.05. The van der Waals surface area contributed by atoms with Gasteiger partial charge in [0.25, 0.3) is 0 Å². The number of hydrogen-bond acceptors (Lipinski definition) is 7. The Hall–Kier alpha value is -4.45. The number of pyridine rings is 2. The van der Waals surface area contributed by atoms with Crippen molar-refractivity contribution in [2.75, 3.05) is 7.11 Å². The Morgan fingerprint density at radius 3 is 2.74 bits per heavy atom. The molecule has 5 aromatic rings. The zero-order chi connectivity index (χ0) is 23.8. The van der Waals surface area contributed by atoms with Crippen LogP contribution in [0.2, 0.25) is 0 Å². The van der Waals surface area contributed by atoms with Crippen LogP contribution in [0.4, 0.5) is 0 Å². The topological polar surface area (TPSA) is 107 Å². The summed E-state index contributed by atoms with van der Waals surface area (Å²) in [4.78, 5) is 13.3. The van der Waals surface area contributed by atoms with Crippen LogP contribution in [-0.2, 0) is 20.0 Å². The van der Waals surface area contributed by atoms with Crippen molar-refractivity contribution >= 4 is 21.9 Å². The second-order valence-electron chi connectivity index (χ2n) is 8.05. The second-order valence-corrected chi connectivity index (χ2v) is 8.05. The first-order chi connectivity index (χ1) is 16.5. The monoisotopic (exact) mass is 453 g/mol. The van der Waals surface area contributed by atoms with Crippen LogP contribution in [0.15, 0.2) is 52.2 Å². The fourth-order valence-electron chi connectivity index (χ4n) is 4.51. The molecule has 0 aliphatic carbocycles. The average Bonchev–Trinajstić information content (AvgIpc) is 3.33. The van der Waals surface area contributed by atoms with E-state index in [1.54, 1.807) is 13.3 Å². The molecule has 0 N–H and O–H groups in total. The number of imidazole rings is 1. The zero-order valence-electron chi connectivity index (χ0n) is 19.4. The molecule has 0 spiro atoms. The number of hydrogen-bond donors (Lipinski definition) is 0. The van der Waals surface area contributed by atoms with Gasteiger partial charge in [-0.15, -0.1) is 4.99 Å². The van der Waals surface area contributed by atoms with Crippen LogP contribution in [0.5, 0.6) is 5.75 Å². The van der Waals surface area contributed by atoms with Gasteiger partial charge in [0.15, 0.2) is 0 Å². The number of ether oxygens (including phenoxy) is 1. The summed E-state index contributed by atoms with van der Waals surface area (Å²) in [5, 5.41) is 14.4. The quantitative estimate of drug-likeness (QED) is 0.374. The highest BCUT2D eigenvalue weighted by atomic mass is 16.5. The van der Waals surface area contributed by atoms with Crippen LogP contribution < -0.4 is 10.4 Å². The van der Waals surface area contributed by atoms with Gasteiger partial charge in [-0.2, -0.15) is 5.26 Å². The van der Waals surface area contributed by atoms with Gasteiger partial charge in [0.2, 0.25) is 11.8 Å². The van der Waals surface area contributed by atoms with Gasteiger partial charge >= 0.3 is 0 Å². The molecule has 0 aliphatic rings. The van der Waals surface area contributed by atoms with Gasteiger partial charge in [-0.3, -0.25) is 9.97 Å². The summed E-state index contributed by atoms with van der Waals surface area (Å²) >= 11 is 0. The molecule has 0 amide bonds. The van der Waals surface area contributed by atoms with Gasteiger partial charge in [-0.25, -0.2) is 0 Å². The van der Waals surface area contributed by atoms with Crippen molar-refractivity contribution in [1.29, 1.82) is 5.26 Å². The third kappa shape index (κ3) is 3.40. The number of nitrogens with zero attached hydrogens (tertiary/aromatic N) is 7. The summed E-state index contributed by atoms with van der Waals surface area (Å²) in [6.07, 6.45) is 6.23. The molecule has 1 aromatic carbocycles. The van der Waals surface area contributed by atoms with E-state index >= 15 is 0 Å². The number of benzene rings is 1. The molecule has 0 radical (unpaired) electrons. The molecule has 9 nitrogen and oxygen atoms in total. The van der Waals surface area contributed by atoms with Crippen molar-refractivity contribution in [2.45, 2.75) is 26.8 Å². The molecule has 0 aliphatic heterocycles. The summed E-state index contributed by atoms with van der Waals surface area (Å²) in [6, 6.07) is 9.84. The lowest BCUT2D eigenvalue weighted by Gasteiger charge is -2.12. The van der Waals surface area contributed by atoms with Gasteiger partial charge in [-0.05, 0) is 38.1 Å². The normalized spacial score (nSPS) is 11.9. The fraction of sp³-hybridized carbons (Fsp3) is 0.240. The molecular formula is C25H23N7O2. The van der Waals surface area contributed by atoms with Gasteiger partial charge in [-0.1, -0.05) is 11.2 Å². The molecule has 170 valence electrons. The molecule has 0 unspecified atom stereocenters. The van der Waals surface area contributed by atoms with Gasteiger partial charge in [0, 0.05) is 42.9 Å². The predicted molar refractivity (Wildman–Crippen MR) is 127 cm³/mol. The maximum absolute atomic E-state index is 9.36. The maximum atomic E-state index is 9.36. The lowest BCUT2D eigenvalue weighted by atomic mass is 10.0. The number of fused-ring (bicyclic) bond motifs is 3. The Kier molecular flexibility index (Phi) is 5.34. The number of aryl methyl sites for hydroxylation is 5. The standard InChI is InChI=1S/C25H23N7O2/c1-15-23(16(2)34-30-15)19-11-20-18(12-22(19)33-4)24-21(13-28-20)31(3)25(29-14-26)32(24)10-8-17-7-5-6-9-27-17/h5-7,9,11-13H,8,10H2,1-4H3. The smallest absolute Gasteiger partial charge is 0.221 e. The summed E-state index contributed by atoms with van der Waals surface area (Å²) in [6.45, 7) is 4.39. The van der Waals surface area contributed by atoms with Crippen molar-refractivity contribution < 1.29 is 9.26 Å². The summed E-state index contributed by atoms with van der Waals surface area (Å²) in [5.41, 5.74) is 6.67. The van der Waals surface area contributed by atoms with Crippen LogP contribution in [0.25, 0.3) is 33.1 Å². The first-order valence-electron chi connectivity index (χ1n) is 10.9. The fourth-order valence-corrected chi connectivity index (χ4v) is 4.51. The summed E-state index contributed by atoms with van der Waals surface area (Å²) in [7, 11) is 3.53. The van der Waals surface area contributed by atoms with Crippen molar-refractivity contribution in [1.82, 2.24) is 24.3 Å². The predicted octanol–water partition coefficient (Wildman–Crippen LogP) is 3.83. The molecule has 5 rings (SSSR count). The summed E-state index contributed by atoms with van der Waals surface area (Å²) < 4.78 is 15.1. The first kappa shape index (κ1) is 21.4. The largest absolute Gasteiger partial charge is 0.496 e. The molecule has 0 bridgehead atoms. The van der Waals surface area contributed by atoms with E-state index in [9.17, 15) is 5.26 Å². The minimum absolute atomic E-state index is 0.552. The van der Waals surface area contributed by atoms with Gasteiger partial charge in [0.1, 0.15) is 11.5 Å². The van der Waals surface area contributed by atoms with E-state index in [1.165, 1.54) is 0 Å². The summed E-state index contributed by atoms with van der Waals surface area (Å²) in [5.74, 6) is 1.41. The molecule has 0 atom stereocenters. The van der Waals surface area contributed by atoms with E-state index in [0.29, 0.717) is 24.3 Å². The van der Waals surface area contributed by atoms with E-state index in [2.05, 4.69) is 15.1 Å². The Morgan fingerprint density at radius 2 is 2.06 bits per heavy atom. The van der Waals surface area contributed by atoms with E-state index in [4.69, 9.17) is 14.2 Å². The molecule has 0 saturated carbocycles. The van der Waals surface area contributed by atoms with E-state index < -0.39 is 0 Å². The molecule has 4 heterocycles. The molecule has 34 heavy (non-hydrogen) atoms. The molecule has 0 fully saturated rings. The first-order valence-corrected chi connectivity index (χ1v) is 10.9. The Balaban J connectivity index is 1.79. The van der Waals surface area contributed by atoms with Gasteiger partial charge < -0.3 is 18.4 Å². The minimum Gasteiger partial charge on any atom is -0.496 e. The number of nitriles is 1. The van der Waals surface area contributed by atoms with Crippen LogP contribution in [0.1, 0.15) is 17.1 Å². The van der Waals surface area contributed by atoms with E-state index in [0.717, 1.165) is 50.2 Å². The third-order valence-electron chi connectivity index (χ3n) is 6.08. The lowest BCUT2D eigenvalue weighted by molar-refractivity contribution is 0.393. The molecule has 4 aromatic heterocycles. The number of rotatable bonds is 5. The second kappa shape index (κ2) is 8.48. The van der Waals surface area contributed by atoms with Crippen LogP contribution >= 0.6 is 0 Å². The lowest BCUT2D eigenvalue weighted by Crippen LogP contribution is -2.25. The van der Waals surface area contributed by atoms with Crippen LogP contribution in [0.3, 0.4) is 0 Å². The van der Waals surface area contributed by atoms with Crippen LogP contribution in [-0.4, -0.2) is 31.4 Å². The van der Waals surface area contributed by atoms with Crippen molar-refractivity contribution in [3.8, 4) is 23.1 Å². The van der Waals surface area contributed by atoms with E-state index in [1.807, 2.05) is 72.8 Å². The zero-order valence-corrected chi connectivity index (χ0v) is 19.4. The SMILES string of the molecule is COc1cc2c(cc1-c1c(C)noc1C)ncc1c2n(CCc2ccccn2)c(=NC#N)n1C. The maximum Gasteiger partial charge on any atom is 0.221 e. The molecular weight excluding hydrogens is 430 g/mol. The number of methoxy groups -OCH3 is 1. The Labute approximate surface area is 195 Å². The van der Waals surface area contributed by atoms with Crippen molar-refractivity contribution in [2.24, 2.45) is 12.0 Å². The van der Waals surface area contributed by atoms with Crippen molar-refractivity contribution in [3.63, 3.8) is 0 Å². The average molecular weight is 454 g/mol.